The number of ketones is 1. The first-order valence-electron chi connectivity index (χ1n) is 5.94. The first-order valence-corrected chi connectivity index (χ1v) is 6.74. The van der Waals surface area contributed by atoms with Crippen LogP contribution in [0.2, 0.25) is 0 Å². The van der Waals surface area contributed by atoms with Crippen molar-refractivity contribution in [3.63, 3.8) is 0 Å². The van der Waals surface area contributed by atoms with Crippen LogP contribution >= 0.6 is 15.9 Å². The topological polar surface area (TPSA) is 44.1 Å². The maximum Gasteiger partial charge on any atom is 0.160 e. The highest BCUT2D eigenvalue weighted by Gasteiger charge is 2.12. The van der Waals surface area contributed by atoms with Crippen LogP contribution in [0.1, 0.15) is 31.1 Å². The number of nitrogens with zero attached hydrogens (tertiary/aromatic N) is 2. The van der Waals surface area contributed by atoms with Crippen LogP contribution < -0.4 is 4.90 Å². The molecule has 3 nitrogen and oxygen atoms in total. The van der Waals surface area contributed by atoms with Crippen molar-refractivity contribution >= 4 is 27.4 Å². The van der Waals surface area contributed by atoms with E-state index in [-0.39, 0.29) is 11.7 Å². The minimum absolute atomic E-state index is 0.0174. The number of halogens is 1. The zero-order valence-electron chi connectivity index (χ0n) is 10.9. The van der Waals surface area contributed by atoms with Crippen LogP contribution in [0.4, 0.5) is 5.69 Å². The molecule has 0 heterocycles. The van der Waals surface area contributed by atoms with Crippen molar-refractivity contribution in [2.45, 2.75) is 20.8 Å². The molecule has 0 aliphatic rings. The molecule has 0 fully saturated rings. The summed E-state index contributed by atoms with van der Waals surface area (Å²) >= 11 is 3.42. The highest BCUT2D eigenvalue weighted by Crippen LogP contribution is 2.25. The number of carbonyl (C=O) groups excluding carboxylic acids is 1. The second-order valence-corrected chi connectivity index (χ2v) is 5.14. The fraction of sp³-hybridized carbons (Fsp3) is 0.429. The normalized spacial score (nSPS) is 11.7. The third kappa shape index (κ3) is 3.58. The zero-order valence-corrected chi connectivity index (χ0v) is 12.5. The summed E-state index contributed by atoms with van der Waals surface area (Å²) in [4.78, 5) is 13.5. The van der Waals surface area contributed by atoms with Crippen LogP contribution in [0, 0.1) is 17.2 Å². The van der Waals surface area contributed by atoms with Gasteiger partial charge in [0.1, 0.15) is 0 Å². The average molecular weight is 309 g/mol. The Kier molecular flexibility index (Phi) is 5.36. The Labute approximate surface area is 117 Å². The number of carbonyl (C=O) groups is 1. The number of hydrogen-bond donors (Lipinski definition) is 0. The molecule has 4 heteroatoms. The summed E-state index contributed by atoms with van der Waals surface area (Å²) in [5.74, 6) is 0.0260. The minimum atomic E-state index is -0.0174. The maximum absolute atomic E-state index is 11.4. The highest BCUT2D eigenvalue weighted by molar-refractivity contribution is 9.10. The standard InChI is InChI=1S/C14H17BrN2O/c1-4-17(9-10(2)8-16)12-5-6-13(11(3)18)14(15)7-12/h5-7,10H,4,9H2,1-3H3. The fourth-order valence-electron chi connectivity index (χ4n) is 1.77. The predicted molar refractivity (Wildman–Crippen MR) is 76.8 cm³/mol. The monoisotopic (exact) mass is 308 g/mol. The molecular weight excluding hydrogens is 292 g/mol. The van der Waals surface area contributed by atoms with Gasteiger partial charge in [-0.25, -0.2) is 0 Å². The van der Waals surface area contributed by atoms with Crippen molar-refractivity contribution in [1.29, 1.82) is 5.26 Å². The van der Waals surface area contributed by atoms with Crippen LogP contribution in [-0.4, -0.2) is 18.9 Å². The van der Waals surface area contributed by atoms with E-state index in [1.807, 2.05) is 25.1 Å². The molecule has 0 N–H and O–H groups in total. The molecule has 0 amide bonds. The smallest absolute Gasteiger partial charge is 0.160 e. The van der Waals surface area contributed by atoms with Gasteiger partial charge in [0, 0.05) is 28.8 Å². The molecule has 1 aromatic carbocycles. The highest BCUT2D eigenvalue weighted by atomic mass is 79.9. The summed E-state index contributed by atoms with van der Waals surface area (Å²) < 4.78 is 0.801. The molecule has 0 spiro atoms. The molecule has 0 radical (unpaired) electrons. The van der Waals surface area contributed by atoms with E-state index in [0.29, 0.717) is 12.1 Å². The Morgan fingerprint density at radius 2 is 2.22 bits per heavy atom. The molecule has 1 atom stereocenters. The molecule has 0 aromatic heterocycles. The van der Waals surface area contributed by atoms with E-state index in [1.54, 1.807) is 6.92 Å². The quantitative estimate of drug-likeness (QED) is 0.780. The van der Waals surface area contributed by atoms with Gasteiger partial charge in [-0.1, -0.05) is 0 Å². The van der Waals surface area contributed by atoms with Crippen LogP contribution in [0.15, 0.2) is 22.7 Å². The summed E-state index contributed by atoms with van der Waals surface area (Å²) in [6, 6.07) is 7.92. The SMILES string of the molecule is CCN(CC(C)C#N)c1ccc(C(C)=O)c(Br)c1. The summed E-state index contributed by atoms with van der Waals surface area (Å²) in [6.45, 7) is 7.03. The van der Waals surface area contributed by atoms with Gasteiger partial charge in [0.15, 0.2) is 5.78 Å². The van der Waals surface area contributed by atoms with Crippen molar-refractivity contribution in [3.05, 3.63) is 28.2 Å². The van der Waals surface area contributed by atoms with Crippen LogP contribution in [0.25, 0.3) is 0 Å². The molecule has 1 unspecified atom stereocenters. The van der Waals surface area contributed by atoms with E-state index < -0.39 is 0 Å². The molecule has 0 saturated heterocycles. The Hall–Kier alpha value is -1.34. The fourth-order valence-corrected chi connectivity index (χ4v) is 2.42. The van der Waals surface area contributed by atoms with Gasteiger partial charge in [0.25, 0.3) is 0 Å². The lowest BCUT2D eigenvalue weighted by Gasteiger charge is -2.24. The number of anilines is 1. The van der Waals surface area contributed by atoms with Crippen LogP contribution in [0.3, 0.4) is 0 Å². The van der Waals surface area contributed by atoms with Crippen molar-refractivity contribution in [3.8, 4) is 6.07 Å². The van der Waals surface area contributed by atoms with Crippen LogP contribution in [-0.2, 0) is 0 Å². The summed E-state index contributed by atoms with van der Waals surface area (Å²) in [6.07, 6.45) is 0. The largest absolute Gasteiger partial charge is 0.370 e. The number of benzene rings is 1. The second kappa shape index (κ2) is 6.55. The van der Waals surface area contributed by atoms with Gasteiger partial charge in [0.05, 0.1) is 12.0 Å². The Balaban J connectivity index is 2.98. The first-order chi connectivity index (χ1) is 8.49. The lowest BCUT2D eigenvalue weighted by atomic mass is 10.1. The zero-order chi connectivity index (χ0) is 13.7. The summed E-state index contributed by atoms with van der Waals surface area (Å²) in [5, 5.41) is 8.87. The van der Waals surface area contributed by atoms with E-state index in [0.717, 1.165) is 16.7 Å². The molecule has 1 aromatic rings. The Morgan fingerprint density at radius 3 is 2.67 bits per heavy atom. The van der Waals surface area contributed by atoms with E-state index in [4.69, 9.17) is 5.26 Å². The first kappa shape index (κ1) is 14.7. The van der Waals surface area contributed by atoms with E-state index in [1.165, 1.54) is 0 Å². The molecule has 0 bridgehead atoms. The molecule has 0 aliphatic heterocycles. The molecule has 0 saturated carbocycles. The molecule has 18 heavy (non-hydrogen) atoms. The lowest BCUT2D eigenvalue weighted by Crippen LogP contribution is -2.27. The Morgan fingerprint density at radius 1 is 1.56 bits per heavy atom. The van der Waals surface area contributed by atoms with Crippen molar-refractivity contribution in [2.75, 3.05) is 18.0 Å². The summed E-state index contributed by atoms with van der Waals surface area (Å²) in [5.41, 5.74) is 1.71. The van der Waals surface area contributed by atoms with Gasteiger partial charge in [-0.2, -0.15) is 5.26 Å². The number of hydrogen-bond acceptors (Lipinski definition) is 3. The van der Waals surface area contributed by atoms with Gasteiger partial charge in [-0.05, 0) is 54.9 Å². The second-order valence-electron chi connectivity index (χ2n) is 4.29. The predicted octanol–water partition coefficient (Wildman–Crippen LogP) is 3.64. The van der Waals surface area contributed by atoms with Crippen molar-refractivity contribution < 1.29 is 4.79 Å². The molecule has 0 aliphatic carbocycles. The van der Waals surface area contributed by atoms with Crippen molar-refractivity contribution in [2.24, 2.45) is 5.92 Å². The van der Waals surface area contributed by atoms with E-state index >= 15 is 0 Å². The van der Waals surface area contributed by atoms with Gasteiger partial charge in [-0.3, -0.25) is 4.79 Å². The number of rotatable bonds is 5. The Bertz CT molecular complexity index is 479. The summed E-state index contributed by atoms with van der Waals surface area (Å²) in [7, 11) is 0. The molecule has 96 valence electrons. The average Bonchev–Trinajstić information content (AvgIpc) is 2.34. The number of nitriles is 1. The lowest BCUT2D eigenvalue weighted by molar-refractivity contribution is 0.101. The van der Waals surface area contributed by atoms with Crippen LogP contribution in [0.5, 0.6) is 0 Å². The maximum atomic E-state index is 11.4. The van der Waals surface area contributed by atoms with Gasteiger partial charge in [0.2, 0.25) is 0 Å². The molecular formula is C14H17BrN2O. The van der Waals surface area contributed by atoms with Gasteiger partial charge in [-0.15, -0.1) is 0 Å². The van der Waals surface area contributed by atoms with Gasteiger partial charge >= 0.3 is 0 Å². The molecule has 1 rings (SSSR count). The third-order valence-corrected chi connectivity index (χ3v) is 3.45. The number of Topliss-reactive ketones (excluding diaryl/α,β-unsaturated/α-hetero) is 1. The van der Waals surface area contributed by atoms with Gasteiger partial charge < -0.3 is 4.90 Å². The third-order valence-electron chi connectivity index (χ3n) is 2.79. The minimum Gasteiger partial charge on any atom is -0.370 e. The van der Waals surface area contributed by atoms with E-state index in [9.17, 15) is 4.79 Å². The van der Waals surface area contributed by atoms with Crippen molar-refractivity contribution in [1.82, 2.24) is 0 Å². The van der Waals surface area contributed by atoms with E-state index in [2.05, 4.69) is 33.8 Å².